The normalized spacial score (nSPS) is 10.0. The highest BCUT2D eigenvalue weighted by Gasteiger charge is 2.14. The molecule has 1 aromatic rings. The number of nitrogens with zero attached hydrogens (tertiary/aromatic N) is 1. The number of aryl methyl sites for hydroxylation is 1. The highest BCUT2D eigenvalue weighted by Crippen LogP contribution is 2.18. The van der Waals surface area contributed by atoms with E-state index in [0.29, 0.717) is 12.0 Å². The number of rotatable bonds is 2. The van der Waals surface area contributed by atoms with E-state index in [0.717, 1.165) is 5.69 Å². The van der Waals surface area contributed by atoms with Gasteiger partial charge in [-0.15, -0.1) is 0 Å². The molecule has 0 atom stereocenters. The molecule has 0 bridgehead atoms. The van der Waals surface area contributed by atoms with Gasteiger partial charge in [0.25, 0.3) is 0 Å². The Bertz CT molecular complexity index is 348. The van der Waals surface area contributed by atoms with E-state index in [1.165, 1.54) is 6.20 Å². The maximum absolute atomic E-state index is 10.8. The monoisotopic (exact) mass is 180 g/mol. The highest BCUT2D eigenvalue weighted by atomic mass is 16.4. The first-order chi connectivity index (χ1) is 6.07. The third kappa shape index (κ3) is 1.61. The van der Waals surface area contributed by atoms with Crippen LogP contribution in [0.1, 0.15) is 28.5 Å². The van der Waals surface area contributed by atoms with E-state index in [2.05, 4.69) is 4.98 Å². The molecule has 0 aliphatic carbocycles. The maximum atomic E-state index is 10.8. The van der Waals surface area contributed by atoms with Gasteiger partial charge >= 0.3 is 5.97 Å². The fourth-order valence-electron chi connectivity index (χ4n) is 1.31. The van der Waals surface area contributed by atoms with Crippen LogP contribution >= 0.6 is 0 Å². The fraction of sp³-hybridized carbons (Fsp3) is 0.333. The van der Waals surface area contributed by atoms with Gasteiger partial charge in [-0.2, -0.15) is 0 Å². The van der Waals surface area contributed by atoms with Crippen molar-refractivity contribution < 1.29 is 9.90 Å². The average Bonchev–Trinajstić information content (AvgIpc) is 2.04. The third-order valence-electron chi connectivity index (χ3n) is 2.00. The van der Waals surface area contributed by atoms with Crippen LogP contribution in [-0.4, -0.2) is 16.1 Å². The Hall–Kier alpha value is -1.58. The van der Waals surface area contributed by atoms with Gasteiger partial charge in [0.05, 0.1) is 17.4 Å². The minimum absolute atomic E-state index is 0.173. The molecule has 0 radical (unpaired) electrons. The van der Waals surface area contributed by atoms with Crippen molar-refractivity contribution in [2.24, 2.45) is 0 Å². The van der Waals surface area contributed by atoms with E-state index in [9.17, 15) is 4.79 Å². The number of pyridine rings is 1. The lowest BCUT2D eigenvalue weighted by molar-refractivity contribution is 0.0697. The van der Waals surface area contributed by atoms with Gasteiger partial charge in [-0.05, 0) is 18.9 Å². The summed E-state index contributed by atoms with van der Waals surface area (Å²) in [6, 6.07) is 0. The first-order valence-corrected chi connectivity index (χ1v) is 4.05. The second kappa shape index (κ2) is 3.43. The van der Waals surface area contributed by atoms with E-state index in [1.54, 1.807) is 6.92 Å². The number of carbonyl (C=O) groups is 1. The molecule has 0 saturated carbocycles. The number of hydrogen-bond donors (Lipinski definition) is 2. The molecule has 4 nitrogen and oxygen atoms in total. The van der Waals surface area contributed by atoms with Crippen molar-refractivity contribution >= 4 is 11.7 Å². The van der Waals surface area contributed by atoms with Crippen LogP contribution in [0.15, 0.2) is 6.20 Å². The zero-order valence-electron chi connectivity index (χ0n) is 7.66. The summed E-state index contributed by atoms with van der Waals surface area (Å²) >= 11 is 0. The summed E-state index contributed by atoms with van der Waals surface area (Å²) in [5, 5.41) is 8.86. The minimum atomic E-state index is -0.993. The van der Waals surface area contributed by atoms with Crippen molar-refractivity contribution in [1.82, 2.24) is 4.98 Å². The molecular formula is C9H12N2O2. The molecule has 0 aliphatic heterocycles. The number of carboxylic acid groups (broad SMARTS) is 1. The molecule has 0 aliphatic rings. The summed E-state index contributed by atoms with van der Waals surface area (Å²) in [6.07, 6.45) is 2.11. The second-order valence-electron chi connectivity index (χ2n) is 2.82. The van der Waals surface area contributed by atoms with E-state index >= 15 is 0 Å². The largest absolute Gasteiger partial charge is 0.478 e. The zero-order valence-corrected chi connectivity index (χ0v) is 7.66. The molecule has 0 unspecified atom stereocenters. The quantitative estimate of drug-likeness (QED) is 0.717. The van der Waals surface area contributed by atoms with Gasteiger partial charge in [-0.1, -0.05) is 6.92 Å². The topological polar surface area (TPSA) is 76.2 Å². The van der Waals surface area contributed by atoms with Gasteiger partial charge in [0.1, 0.15) is 0 Å². The molecule has 13 heavy (non-hydrogen) atoms. The number of nitrogens with two attached hydrogens (primary N) is 1. The summed E-state index contributed by atoms with van der Waals surface area (Å²) in [4.78, 5) is 14.9. The summed E-state index contributed by atoms with van der Waals surface area (Å²) in [7, 11) is 0. The van der Waals surface area contributed by atoms with Crippen LogP contribution in [0.2, 0.25) is 0 Å². The van der Waals surface area contributed by atoms with Gasteiger partial charge in [0.15, 0.2) is 0 Å². The molecule has 70 valence electrons. The van der Waals surface area contributed by atoms with Gasteiger partial charge in [-0.3, -0.25) is 4.98 Å². The smallest absolute Gasteiger partial charge is 0.338 e. The van der Waals surface area contributed by atoms with E-state index in [1.807, 2.05) is 6.92 Å². The average molecular weight is 180 g/mol. The van der Waals surface area contributed by atoms with Gasteiger partial charge in [-0.25, -0.2) is 4.79 Å². The Morgan fingerprint density at radius 1 is 1.69 bits per heavy atom. The van der Waals surface area contributed by atoms with E-state index < -0.39 is 5.97 Å². The second-order valence-corrected chi connectivity index (χ2v) is 2.82. The Morgan fingerprint density at radius 3 is 2.77 bits per heavy atom. The number of carboxylic acids is 1. The van der Waals surface area contributed by atoms with Crippen molar-refractivity contribution in [2.45, 2.75) is 20.3 Å². The molecule has 1 aromatic heterocycles. The Labute approximate surface area is 76.4 Å². The van der Waals surface area contributed by atoms with Crippen molar-refractivity contribution in [3.8, 4) is 0 Å². The summed E-state index contributed by atoms with van der Waals surface area (Å²) in [5.41, 5.74) is 7.35. The van der Waals surface area contributed by atoms with Crippen LogP contribution in [0.4, 0.5) is 5.69 Å². The Balaban J connectivity index is 3.38. The first kappa shape index (κ1) is 9.51. The predicted molar refractivity (Wildman–Crippen MR) is 49.7 cm³/mol. The number of nitrogen functional groups attached to an aromatic ring is 1. The van der Waals surface area contributed by atoms with Crippen LogP contribution in [0.25, 0.3) is 0 Å². The number of aromatic nitrogens is 1. The number of aromatic carboxylic acids is 1. The molecule has 3 N–H and O–H groups in total. The highest BCUT2D eigenvalue weighted by molar-refractivity contribution is 5.95. The molecule has 0 amide bonds. The molecule has 0 fully saturated rings. The lowest BCUT2D eigenvalue weighted by Gasteiger charge is -2.07. The van der Waals surface area contributed by atoms with Crippen molar-refractivity contribution in [3.05, 3.63) is 23.0 Å². The Kier molecular flexibility index (Phi) is 2.51. The molecule has 0 saturated heterocycles. The van der Waals surface area contributed by atoms with Crippen molar-refractivity contribution in [2.75, 3.05) is 5.73 Å². The van der Waals surface area contributed by atoms with Gasteiger partial charge in [0, 0.05) is 5.69 Å². The number of hydrogen-bond acceptors (Lipinski definition) is 3. The molecule has 4 heteroatoms. The Morgan fingerprint density at radius 2 is 2.31 bits per heavy atom. The number of anilines is 1. The molecule has 0 aromatic carbocycles. The molecule has 0 spiro atoms. The predicted octanol–water partition coefficient (Wildman–Crippen LogP) is 1.23. The lowest BCUT2D eigenvalue weighted by Crippen LogP contribution is -2.08. The van der Waals surface area contributed by atoms with Crippen LogP contribution in [0.3, 0.4) is 0 Å². The summed E-state index contributed by atoms with van der Waals surface area (Å²) in [5.74, 6) is -0.993. The first-order valence-electron chi connectivity index (χ1n) is 4.05. The van der Waals surface area contributed by atoms with Crippen LogP contribution in [0.5, 0.6) is 0 Å². The van der Waals surface area contributed by atoms with Crippen LogP contribution < -0.4 is 5.73 Å². The summed E-state index contributed by atoms with van der Waals surface area (Å²) < 4.78 is 0. The van der Waals surface area contributed by atoms with Crippen molar-refractivity contribution in [3.63, 3.8) is 0 Å². The maximum Gasteiger partial charge on any atom is 0.338 e. The SMILES string of the molecule is CCc1ncc(N)c(C(=O)O)c1C. The van der Waals surface area contributed by atoms with E-state index in [-0.39, 0.29) is 11.3 Å². The summed E-state index contributed by atoms with van der Waals surface area (Å²) in [6.45, 7) is 3.66. The van der Waals surface area contributed by atoms with E-state index in [4.69, 9.17) is 10.8 Å². The van der Waals surface area contributed by atoms with Crippen molar-refractivity contribution in [1.29, 1.82) is 0 Å². The van der Waals surface area contributed by atoms with Crippen LogP contribution in [-0.2, 0) is 6.42 Å². The van der Waals surface area contributed by atoms with Gasteiger partial charge in [0.2, 0.25) is 0 Å². The zero-order chi connectivity index (χ0) is 10.0. The molecule has 1 heterocycles. The standard InChI is InChI=1S/C9H12N2O2/c1-3-7-5(2)8(9(12)13)6(10)4-11-7/h4H,3,10H2,1-2H3,(H,12,13). The minimum Gasteiger partial charge on any atom is -0.478 e. The molecule has 1 rings (SSSR count). The van der Waals surface area contributed by atoms with Crippen LogP contribution in [0, 0.1) is 6.92 Å². The fourth-order valence-corrected chi connectivity index (χ4v) is 1.31. The van der Waals surface area contributed by atoms with Gasteiger partial charge < -0.3 is 10.8 Å². The third-order valence-corrected chi connectivity index (χ3v) is 2.00. The lowest BCUT2D eigenvalue weighted by atomic mass is 10.1. The molecular weight excluding hydrogens is 168 g/mol.